The van der Waals surface area contributed by atoms with Crippen molar-refractivity contribution in [2.45, 2.75) is 56.5 Å². The van der Waals surface area contributed by atoms with Gasteiger partial charge in [-0.25, -0.2) is 4.98 Å². The highest BCUT2D eigenvalue weighted by atomic mass is 79.9. The van der Waals surface area contributed by atoms with Crippen LogP contribution in [0.5, 0.6) is 0 Å². The summed E-state index contributed by atoms with van der Waals surface area (Å²) < 4.78 is 3.26. The van der Waals surface area contributed by atoms with Gasteiger partial charge in [0.1, 0.15) is 0 Å². The Morgan fingerprint density at radius 1 is 0.926 bits per heavy atom. The molecule has 2 aliphatic carbocycles. The zero-order valence-electron chi connectivity index (χ0n) is 15.4. The van der Waals surface area contributed by atoms with E-state index in [-0.39, 0.29) is 0 Å². The van der Waals surface area contributed by atoms with Crippen molar-refractivity contribution in [3.05, 3.63) is 70.2 Å². The van der Waals surface area contributed by atoms with E-state index in [1.165, 1.54) is 24.0 Å². The molecule has 4 heteroatoms. The summed E-state index contributed by atoms with van der Waals surface area (Å²) in [6.07, 6.45) is 10.3. The smallest absolute Gasteiger partial charge is 0.0995 e. The van der Waals surface area contributed by atoms with Crippen LogP contribution in [0.1, 0.15) is 73.3 Å². The number of hydrogen-bond acceptors (Lipinski definition) is 2. The number of fused-ring (bicyclic) bond motifs is 1. The van der Waals surface area contributed by atoms with E-state index < -0.39 is 6.10 Å². The molecule has 1 N–H and O–H groups in total. The first-order chi connectivity index (χ1) is 13.2. The van der Waals surface area contributed by atoms with Crippen LogP contribution in [0.25, 0.3) is 5.52 Å². The second-order valence-electron chi connectivity index (χ2n) is 8.24. The third-order valence-corrected chi connectivity index (χ3v) is 7.04. The lowest BCUT2D eigenvalue weighted by Crippen LogP contribution is -2.22. The maximum atomic E-state index is 11.4. The first-order valence-corrected chi connectivity index (χ1v) is 10.9. The molecule has 0 spiro atoms. The molecule has 1 atom stereocenters. The van der Waals surface area contributed by atoms with Crippen LogP contribution in [-0.2, 0) is 0 Å². The first-order valence-electron chi connectivity index (χ1n) is 10.1. The molecule has 1 aromatic carbocycles. The Kier molecular flexibility index (Phi) is 4.57. The van der Waals surface area contributed by atoms with Crippen LogP contribution in [0.15, 0.2) is 53.4 Å². The van der Waals surface area contributed by atoms with Crippen molar-refractivity contribution in [3.63, 3.8) is 0 Å². The van der Waals surface area contributed by atoms with E-state index in [9.17, 15) is 5.11 Å². The molecule has 5 rings (SSSR count). The van der Waals surface area contributed by atoms with Crippen LogP contribution in [0.3, 0.4) is 0 Å². The molecule has 2 aromatic heterocycles. The van der Waals surface area contributed by atoms with Crippen LogP contribution in [0.2, 0.25) is 0 Å². The second-order valence-corrected chi connectivity index (χ2v) is 9.16. The Balaban J connectivity index is 1.37. The van der Waals surface area contributed by atoms with Gasteiger partial charge in [-0.2, -0.15) is 0 Å². The van der Waals surface area contributed by atoms with Crippen molar-refractivity contribution in [2.75, 3.05) is 0 Å². The molecule has 2 fully saturated rings. The number of aliphatic hydroxyl groups is 1. The second kappa shape index (κ2) is 7.06. The summed E-state index contributed by atoms with van der Waals surface area (Å²) in [4.78, 5) is 4.32. The van der Waals surface area contributed by atoms with Gasteiger partial charge in [0.25, 0.3) is 0 Å². The molecule has 140 valence electrons. The van der Waals surface area contributed by atoms with Crippen LogP contribution < -0.4 is 0 Å². The maximum absolute atomic E-state index is 11.4. The number of halogens is 1. The summed E-state index contributed by atoms with van der Waals surface area (Å²) in [7, 11) is 0. The predicted octanol–water partition coefficient (Wildman–Crippen LogP) is 5.98. The predicted molar refractivity (Wildman–Crippen MR) is 111 cm³/mol. The lowest BCUT2D eigenvalue weighted by Gasteiger charge is -2.33. The summed E-state index contributed by atoms with van der Waals surface area (Å²) in [5.74, 6) is 1.58. The number of aromatic nitrogens is 2. The molecule has 0 amide bonds. The summed E-state index contributed by atoms with van der Waals surface area (Å²) in [6.45, 7) is 0. The number of rotatable bonds is 4. The highest BCUT2D eigenvalue weighted by molar-refractivity contribution is 9.10. The Morgan fingerprint density at radius 3 is 2.33 bits per heavy atom. The summed E-state index contributed by atoms with van der Waals surface area (Å²) in [5, 5.41) is 11.4. The average Bonchev–Trinajstić information content (AvgIpc) is 3.44. The highest BCUT2D eigenvalue weighted by Crippen LogP contribution is 2.47. The normalized spacial score (nSPS) is 24.2. The van der Waals surface area contributed by atoms with Gasteiger partial charge in [0, 0.05) is 4.47 Å². The van der Waals surface area contributed by atoms with Gasteiger partial charge in [-0.15, -0.1) is 0 Å². The standard InChI is InChI=1S/C23H25BrN2O/c24-19-9-7-16(8-10-19)15-1-5-18(6-2-15)23(27)22-21(17-3-4-17)12-11-20-13-25-14-26(20)22/h7-15,17-18,23,27H,1-6H2. The van der Waals surface area contributed by atoms with Crippen molar-refractivity contribution in [3.8, 4) is 0 Å². The minimum absolute atomic E-state index is 0.335. The van der Waals surface area contributed by atoms with Crippen molar-refractivity contribution in [1.82, 2.24) is 9.38 Å². The van der Waals surface area contributed by atoms with Gasteiger partial charge in [-0.05, 0) is 85.6 Å². The van der Waals surface area contributed by atoms with E-state index in [0.29, 0.717) is 17.8 Å². The summed E-state index contributed by atoms with van der Waals surface area (Å²) >= 11 is 3.52. The number of benzene rings is 1. The van der Waals surface area contributed by atoms with E-state index in [0.717, 1.165) is 41.4 Å². The molecule has 3 aromatic rings. The Bertz CT molecular complexity index is 937. The minimum Gasteiger partial charge on any atom is -0.387 e. The third-order valence-electron chi connectivity index (χ3n) is 6.51. The van der Waals surface area contributed by atoms with Crippen molar-refractivity contribution in [1.29, 1.82) is 0 Å². The van der Waals surface area contributed by atoms with E-state index in [1.807, 2.05) is 12.5 Å². The van der Waals surface area contributed by atoms with E-state index in [2.05, 4.69) is 61.7 Å². The first kappa shape index (κ1) is 17.4. The molecule has 2 saturated carbocycles. The molecule has 2 aliphatic rings. The van der Waals surface area contributed by atoms with E-state index in [1.54, 1.807) is 0 Å². The number of imidazole rings is 1. The van der Waals surface area contributed by atoms with Crippen LogP contribution >= 0.6 is 15.9 Å². The molecule has 27 heavy (non-hydrogen) atoms. The number of pyridine rings is 1. The van der Waals surface area contributed by atoms with Gasteiger partial charge in [-0.3, -0.25) is 0 Å². The monoisotopic (exact) mass is 424 g/mol. The van der Waals surface area contributed by atoms with Crippen LogP contribution in [0, 0.1) is 5.92 Å². The fourth-order valence-corrected chi connectivity index (χ4v) is 5.07. The molecule has 0 saturated heterocycles. The lowest BCUT2D eigenvalue weighted by atomic mass is 9.75. The molecule has 2 heterocycles. The minimum atomic E-state index is -0.399. The zero-order chi connectivity index (χ0) is 18.4. The molecular weight excluding hydrogens is 400 g/mol. The molecule has 0 aliphatic heterocycles. The summed E-state index contributed by atoms with van der Waals surface area (Å²) in [5.41, 5.74) is 4.95. The molecule has 0 bridgehead atoms. The maximum Gasteiger partial charge on any atom is 0.0995 e. The van der Waals surface area contributed by atoms with Crippen LogP contribution in [0.4, 0.5) is 0 Å². The SMILES string of the molecule is OC(c1c(C2CC2)ccc2cncn12)C1CCC(c2ccc(Br)cc2)CC1. The van der Waals surface area contributed by atoms with Gasteiger partial charge >= 0.3 is 0 Å². The van der Waals surface area contributed by atoms with Crippen molar-refractivity contribution in [2.24, 2.45) is 5.92 Å². The van der Waals surface area contributed by atoms with Crippen molar-refractivity contribution >= 4 is 21.4 Å². The van der Waals surface area contributed by atoms with Gasteiger partial charge in [0.05, 0.1) is 29.8 Å². The van der Waals surface area contributed by atoms with Crippen molar-refractivity contribution < 1.29 is 5.11 Å². The topological polar surface area (TPSA) is 37.5 Å². The fourth-order valence-electron chi connectivity index (χ4n) is 4.81. The lowest BCUT2D eigenvalue weighted by molar-refractivity contribution is 0.0754. The number of hydrogen-bond donors (Lipinski definition) is 1. The Labute approximate surface area is 168 Å². The number of aliphatic hydroxyl groups excluding tert-OH is 1. The third kappa shape index (κ3) is 3.34. The highest BCUT2D eigenvalue weighted by Gasteiger charge is 2.34. The van der Waals surface area contributed by atoms with E-state index >= 15 is 0 Å². The summed E-state index contributed by atoms with van der Waals surface area (Å²) in [6, 6.07) is 13.1. The largest absolute Gasteiger partial charge is 0.387 e. The van der Waals surface area contributed by atoms with Crippen LogP contribution in [-0.4, -0.2) is 14.5 Å². The van der Waals surface area contributed by atoms with Gasteiger partial charge in [-0.1, -0.05) is 34.1 Å². The average molecular weight is 425 g/mol. The van der Waals surface area contributed by atoms with Gasteiger partial charge in [0.2, 0.25) is 0 Å². The molecular formula is C23H25BrN2O. The number of nitrogens with zero attached hydrogens (tertiary/aromatic N) is 2. The Morgan fingerprint density at radius 2 is 1.63 bits per heavy atom. The molecule has 1 unspecified atom stereocenters. The Hall–Kier alpha value is -1.65. The fraction of sp³-hybridized carbons (Fsp3) is 0.435. The quantitative estimate of drug-likeness (QED) is 0.558. The van der Waals surface area contributed by atoms with Gasteiger partial charge < -0.3 is 9.51 Å². The molecule has 0 radical (unpaired) electrons. The van der Waals surface area contributed by atoms with Gasteiger partial charge in [0.15, 0.2) is 0 Å². The molecule has 3 nitrogen and oxygen atoms in total. The van der Waals surface area contributed by atoms with E-state index in [4.69, 9.17) is 0 Å². The zero-order valence-corrected chi connectivity index (χ0v) is 17.0.